The first kappa shape index (κ1) is 11.5. The van der Waals surface area contributed by atoms with Crippen molar-refractivity contribution in [3.8, 4) is 0 Å². The molecule has 0 aliphatic carbocycles. The molecule has 0 saturated heterocycles. The summed E-state index contributed by atoms with van der Waals surface area (Å²) in [6.45, 7) is 8.83. The van der Waals surface area contributed by atoms with Gasteiger partial charge in [-0.15, -0.1) is 0 Å². The molecule has 0 saturated carbocycles. The standard InChI is InChI=1S/C14H22N2/c1-4-14(2,3)16-13-6-5-12-10-15-8-7-11(12)9-13/h5-6,9,15-16H,4,7-8,10H2,1-3H3. The molecule has 0 radical (unpaired) electrons. The molecule has 0 fully saturated rings. The van der Waals surface area contributed by atoms with Gasteiger partial charge in [0.1, 0.15) is 0 Å². The second-order valence-corrected chi connectivity index (χ2v) is 5.27. The maximum atomic E-state index is 3.60. The summed E-state index contributed by atoms with van der Waals surface area (Å²) in [4.78, 5) is 0. The fourth-order valence-electron chi connectivity index (χ4n) is 2.03. The Kier molecular flexibility index (Phi) is 3.20. The molecule has 2 rings (SSSR count). The van der Waals surface area contributed by atoms with E-state index in [1.54, 1.807) is 0 Å². The molecule has 1 aliphatic heterocycles. The highest BCUT2D eigenvalue weighted by atomic mass is 15.0. The molecule has 1 aromatic rings. The molecule has 0 bridgehead atoms. The Morgan fingerprint density at radius 1 is 1.31 bits per heavy atom. The fraction of sp³-hybridized carbons (Fsp3) is 0.571. The topological polar surface area (TPSA) is 24.1 Å². The zero-order valence-electron chi connectivity index (χ0n) is 10.6. The molecule has 0 aromatic heterocycles. The van der Waals surface area contributed by atoms with Crippen molar-refractivity contribution in [1.82, 2.24) is 5.32 Å². The molecule has 0 atom stereocenters. The van der Waals surface area contributed by atoms with Crippen LogP contribution in [0.5, 0.6) is 0 Å². The number of fused-ring (bicyclic) bond motifs is 1. The van der Waals surface area contributed by atoms with E-state index in [-0.39, 0.29) is 5.54 Å². The SMILES string of the molecule is CCC(C)(C)Nc1ccc2c(c1)CCNC2. The van der Waals surface area contributed by atoms with E-state index in [0.717, 1.165) is 25.9 Å². The summed E-state index contributed by atoms with van der Waals surface area (Å²) < 4.78 is 0. The lowest BCUT2D eigenvalue weighted by atomic mass is 9.98. The number of hydrogen-bond donors (Lipinski definition) is 2. The van der Waals surface area contributed by atoms with E-state index in [0.29, 0.717) is 0 Å². The molecule has 2 heteroatoms. The summed E-state index contributed by atoms with van der Waals surface area (Å²) in [5, 5.41) is 7.00. The second kappa shape index (κ2) is 4.46. The van der Waals surface area contributed by atoms with Crippen LogP contribution in [0.15, 0.2) is 18.2 Å². The van der Waals surface area contributed by atoms with Crippen molar-refractivity contribution >= 4 is 5.69 Å². The lowest BCUT2D eigenvalue weighted by Crippen LogP contribution is -2.30. The molecule has 2 nitrogen and oxygen atoms in total. The highest BCUT2D eigenvalue weighted by molar-refractivity contribution is 5.50. The Hall–Kier alpha value is -1.02. The molecule has 16 heavy (non-hydrogen) atoms. The number of anilines is 1. The van der Waals surface area contributed by atoms with Gasteiger partial charge in [0.25, 0.3) is 0 Å². The van der Waals surface area contributed by atoms with Gasteiger partial charge in [-0.1, -0.05) is 13.0 Å². The largest absolute Gasteiger partial charge is 0.380 e. The first-order valence-electron chi connectivity index (χ1n) is 6.21. The normalized spacial score (nSPS) is 15.7. The third-order valence-electron chi connectivity index (χ3n) is 3.46. The van der Waals surface area contributed by atoms with Crippen LogP contribution in [0, 0.1) is 0 Å². The lowest BCUT2D eigenvalue weighted by molar-refractivity contribution is 0.547. The number of hydrogen-bond acceptors (Lipinski definition) is 2. The molecule has 1 aliphatic rings. The molecule has 0 amide bonds. The van der Waals surface area contributed by atoms with Gasteiger partial charge in [0.05, 0.1) is 0 Å². The van der Waals surface area contributed by atoms with E-state index in [9.17, 15) is 0 Å². The molecule has 0 unspecified atom stereocenters. The molecule has 1 aromatic carbocycles. The van der Waals surface area contributed by atoms with Gasteiger partial charge in [-0.3, -0.25) is 0 Å². The van der Waals surface area contributed by atoms with E-state index < -0.39 is 0 Å². The minimum Gasteiger partial charge on any atom is -0.380 e. The summed E-state index contributed by atoms with van der Waals surface area (Å²) in [5.41, 5.74) is 4.38. The fourth-order valence-corrected chi connectivity index (χ4v) is 2.03. The van der Waals surface area contributed by atoms with Gasteiger partial charge in [0, 0.05) is 17.8 Å². The maximum Gasteiger partial charge on any atom is 0.0347 e. The van der Waals surface area contributed by atoms with E-state index in [4.69, 9.17) is 0 Å². The van der Waals surface area contributed by atoms with Crippen LogP contribution in [0.3, 0.4) is 0 Å². The third kappa shape index (κ3) is 2.56. The van der Waals surface area contributed by atoms with Crippen LogP contribution < -0.4 is 10.6 Å². The van der Waals surface area contributed by atoms with Crippen molar-refractivity contribution < 1.29 is 0 Å². The van der Waals surface area contributed by atoms with E-state index in [1.807, 2.05) is 0 Å². The highest BCUT2D eigenvalue weighted by Gasteiger charge is 2.15. The van der Waals surface area contributed by atoms with Gasteiger partial charge in [-0.05, 0) is 56.5 Å². The number of rotatable bonds is 3. The van der Waals surface area contributed by atoms with Crippen molar-refractivity contribution in [2.45, 2.75) is 45.7 Å². The quantitative estimate of drug-likeness (QED) is 0.815. The van der Waals surface area contributed by atoms with Crippen LogP contribution in [0.25, 0.3) is 0 Å². The highest BCUT2D eigenvalue weighted by Crippen LogP contribution is 2.22. The zero-order chi connectivity index (χ0) is 11.6. The van der Waals surface area contributed by atoms with Gasteiger partial charge in [-0.2, -0.15) is 0 Å². The minimum atomic E-state index is 0.182. The Morgan fingerprint density at radius 3 is 2.88 bits per heavy atom. The number of benzene rings is 1. The van der Waals surface area contributed by atoms with Gasteiger partial charge in [0.2, 0.25) is 0 Å². The monoisotopic (exact) mass is 218 g/mol. The van der Waals surface area contributed by atoms with E-state index >= 15 is 0 Å². The van der Waals surface area contributed by atoms with E-state index in [1.165, 1.54) is 16.8 Å². The summed E-state index contributed by atoms with van der Waals surface area (Å²) in [7, 11) is 0. The van der Waals surface area contributed by atoms with Crippen LogP contribution in [0.2, 0.25) is 0 Å². The van der Waals surface area contributed by atoms with Crippen molar-refractivity contribution in [2.75, 3.05) is 11.9 Å². The molecular weight excluding hydrogens is 196 g/mol. The van der Waals surface area contributed by atoms with Crippen molar-refractivity contribution in [3.05, 3.63) is 29.3 Å². The van der Waals surface area contributed by atoms with Gasteiger partial charge >= 0.3 is 0 Å². The lowest BCUT2D eigenvalue weighted by Gasteiger charge is -2.27. The Balaban J connectivity index is 2.17. The summed E-state index contributed by atoms with van der Waals surface area (Å²) in [6, 6.07) is 6.76. The van der Waals surface area contributed by atoms with E-state index in [2.05, 4.69) is 49.6 Å². The first-order valence-corrected chi connectivity index (χ1v) is 6.21. The summed E-state index contributed by atoms with van der Waals surface area (Å²) >= 11 is 0. The zero-order valence-corrected chi connectivity index (χ0v) is 10.6. The summed E-state index contributed by atoms with van der Waals surface area (Å²) in [5.74, 6) is 0. The van der Waals surface area contributed by atoms with Crippen LogP contribution in [-0.4, -0.2) is 12.1 Å². The summed E-state index contributed by atoms with van der Waals surface area (Å²) in [6.07, 6.45) is 2.28. The predicted molar refractivity (Wildman–Crippen MR) is 69.8 cm³/mol. The molecule has 88 valence electrons. The van der Waals surface area contributed by atoms with Crippen molar-refractivity contribution in [2.24, 2.45) is 0 Å². The second-order valence-electron chi connectivity index (χ2n) is 5.27. The Morgan fingerprint density at radius 2 is 2.12 bits per heavy atom. The predicted octanol–water partition coefficient (Wildman–Crippen LogP) is 2.93. The molecular formula is C14H22N2. The minimum absolute atomic E-state index is 0.182. The molecule has 2 N–H and O–H groups in total. The maximum absolute atomic E-state index is 3.60. The molecule has 0 spiro atoms. The van der Waals surface area contributed by atoms with Crippen LogP contribution >= 0.6 is 0 Å². The van der Waals surface area contributed by atoms with Crippen LogP contribution in [0.4, 0.5) is 5.69 Å². The third-order valence-corrected chi connectivity index (χ3v) is 3.46. The van der Waals surface area contributed by atoms with Crippen molar-refractivity contribution in [3.63, 3.8) is 0 Å². The average molecular weight is 218 g/mol. The van der Waals surface area contributed by atoms with Crippen molar-refractivity contribution in [1.29, 1.82) is 0 Å². The molecule has 1 heterocycles. The number of nitrogens with one attached hydrogen (secondary N) is 2. The van der Waals surface area contributed by atoms with Crippen LogP contribution in [-0.2, 0) is 13.0 Å². The smallest absolute Gasteiger partial charge is 0.0347 e. The van der Waals surface area contributed by atoms with Gasteiger partial charge in [-0.25, -0.2) is 0 Å². The van der Waals surface area contributed by atoms with Gasteiger partial charge < -0.3 is 10.6 Å². The first-order chi connectivity index (χ1) is 7.61. The Labute approximate surface area is 98.4 Å². The Bertz CT molecular complexity index is 369. The van der Waals surface area contributed by atoms with Gasteiger partial charge in [0.15, 0.2) is 0 Å². The average Bonchev–Trinajstić information content (AvgIpc) is 2.28. The van der Waals surface area contributed by atoms with Crippen LogP contribution in [0.1, 0.15) is 38.3 Å².